The second kappa shape index (κ2) is 7.38. The Morgan fingerprint density at radius 3 is 2.58 bits per heavy atom. The first-order chi connectivity index (χ1) is 14.6. The van der Waals surface area contributed by atoms with E-state index in [1.807, 2.05) is 45.9 Å². The number of aromatic hydroxyl groups is 3. The van der Waals surface area contributed by atoms with Crippen LogP contribution in [0.1, 0.15) is 67.3 Å². The van der Waals surface area contributed by atoms with Crippen molar-refractivity contribution in [2.45, 2.75) is 52.2 Å². The van der Waals surface area contributed by atoms with Crippen molar-refractivity contribution in [2.24, 2.45) is 0 Å². The number of allylic oxidation sites excluding steroid dienone is 2. The van der Waals surface area contributed by atoms with Crippen LogP contribution >= 0.6 is 0 Å². The van der Waals surface area contributed by atoms with E-state index in [9.17, 15) is 20.1 Å². The van der Waals surface area contributed by atoms with E-state index in [1.165, 1.54) is 12.1 Å². The fraction of sp³-hybridized carbons (Fsp3) is 0.320. The van der Waals surface area contributed by atoms with E-state index in [2.05, 4.69) is 0 Å². The zero-order valence-corrected chi connectivity index (χ0v) is 18.0. The number of ketones is 1. The van der Waals surface area contributed by atoms with Crippen molar-refractivity contribution in [1.29, 1.82) is 0 Å². The molecule has 2 aliphatic rings. The third kappa shape index (κ3) is 3.85. The molecule has 0 aliphatic carbocycles. The zero-order chi connectivity index (χ0) is 22.5. The van der Waals surface area contributed by atoms with E-state index >= 15 is 0 Å². The summed E-state index contributed by atoms with van der Waals surface area (Å²) in [5, 5.41) is 31.4. The minimum absolute atomic E-state index is 0.0404. The fourth-order valence-corrected chi connectivity index (χ4v) is 3.89. The normalized spacial score (nSPS) is 18.5. The molecule has 162 valence electrons. The predicted octanol–water partition coefficient (Wildman–Crippen LogP) is 5.20. The van der Waals surface area contributed by atoms with Crippen molar-refractivity contribution in [3.05, 3.63) is 58.2 Å². The van der Waals surface area contributed by atoms with Gasteiger partial charge in [-0.15, -0.1) is 0 Å². The number of rotatable bonds is 3. The zero-order valence-electron chi connectivity index (χ0n) is 18.0. The lowest BCUT2D eigenvalue weighted by Crippen LogP contribution is -2.27. The van der Waals surface area contributed by atoms with E-state index in [-0.39, 0.29) is 40.8 Å². The average molecular weight is 422 g/mol. The van der Waals surface area contributed by atoms with Gasteiger partial charge in [0.1, 0.15) is 46.0 Å². The largest absolute Gasteiger partial charge is 0.507 e. The number of benzene rings is 2. The molecule has 6 heteroatoms. The number of fused-ring (bicyclic) bond motifs is 2. The van der Waals surface area contributed by atoms with Crippen LogP contribution in [-0.4, -0.2) is 26.7 Å². The van der Waals surface area contributed by atoms with Crippen molar-refractivity contribution in [2.75, 3.05) is 0 Å². The smallest absolute Gasteiger partial charge is 0.174 e. The monoisotopic (exact) mass is 422 g/mol. The molecule has 4 rings (SSSR count). The highest BCUT2D eigenvalue weighted by molar-refractivity contribution is 6.03. The lowest BCUT2D eigenvalue weighted by Gasteiger charge is -2.31. The summed E-state index contributed by atoms with van der Waals surface area (Å²) >= 11 is 0. The minimum Gasteiger partial charge on any atom is -0.507 e. The summed E-state index contributed by atoms with van der Waals surface area (Å²) < 4.78 is 12.0. The van der Waals surface area contributed by atoms with Gasteiger partial charge in [-0.05, 0) is 46.3 Å². The lowest BCUT2D eigenvalue weighted by atomic mass is 9.90. The van der Waals surface area contributed by atoms with Crippen molar-refractivity contribution >= 4 is 11.9 Å². The highest BCUT2D eigenvalue weighted by Crippen LogP contribution is 2.47. The van der Waals surface area contributed by atoms with E-state index in [4.69, 9.17) is 9.47 Å². The Kier molecular flexibility index (Phi) is 4.96. The van der Waals surface area contributed by atoms with Gasteiger partial charge in [-0.1, -0.05) is 17.7 Å². The topological polar surface area (TPSA) is 96.2 Å². The summed E-state index contributed by atoms with van der Waals surface area (Å²) in [6.45, 7) is 7.70. The quantitative estimate of drug-likeness (QED) is 0.588. The van der Waals surface area contributed by atoms with Crippen molar-refractivity contribution in [3.8, 4) is 28.7 Å². The number of hydrogen-bond acceptors (Lipinski definition) is 6. The molecular weight excluding hydrogens is 396 g/mol. The number of ether oxygens (including phenoxy) is 2. The Hall–Kier alpha value is -3.41. The second-order valence-electron chi connectivity index (χ2n) is 8.80. The van der Waals surface area contributed by atoms with Crippen LogP contribution in [0.4, 0.5) is 0 Å². The molecule has 2 aliphatic heterocycles. The van der Waals surface area contributed by atoms with Crippen LogP contribution in [0.25, 0.3) is 6.08 Å². The molecule has 0 fully saturated rings. The summed E-state index contributed by atoms with van der Waals surface area (Å²) in [5.74, 6) is -0.105. The van der Waals surface area contributed by atoms with Crippen molar-refractivity contribution < 1.29 is 29.6 Å². The minimum atomic E-state index is -0.764. The molecule has 0 aromatic heterocycles. The van der Waals surface area contributed by atoms with Gasteiger partial charge in [0.2, 0.25) is 0 Å². The molecule has 0 saturated heterocycles. The van der Waals surface area contributed by atoms with Crippen LogP contribution in [0.15, 0.2) is 35.9 Å². The standard InChI is InChI=1S/C25H26O6/c1-13(2)5-6-15-17(26)10-19(28)23-20(29)12-22(30-24(15)23)16-9-14-7-8-25(3,4)31-21(14)11-18(16)27/h5,7-11,22,26-28H,6,12H2,1-4H3. The SMILES string of the molecule is CC(C)=CCc1c(O)cc(O)c2c1OC(c1cc3c(cc1O)OC(C)(C)C=C3)CC2=O. The second-order valence-corrected chi connectivity index (χ2v) is 8.80. The van der Waals surface area contributed by atoms with Crippen LogP contribution in [0.2, 0.25) is 0 Å². The van der Waals surface area contributed by atoms with Gasteiger partial charge in [-0.3, -0.25) is 4.79 Å². The van der Waals surface area contributed by atoms with Gasteiger partial charge >= 0.3 is 0 Å². The molecule has 2 aromatic rings. The Bertz CT molecular complexity index is 1140. The van der Waals surface area contributed by atoms with E-state index in [1.54, 1.807) is 6.07 Å². The molecule has 0 bridgehead atoms. The molecule has 1 unspecified atom stereocenters. The van der Waals surface area contributed by atoms with Crippen molar-refractivity contribution in [3.63, 3.8) is 0 Å². The van der Waals surface area contributed by atoms with Crippen LogP contribution in [-0.2, 0) is 6.42 Å². The fourth-order valence-electron chi connectivity index (χ4n) is 3.89. The number of hydrogen-bond donors (Lipinski definition) is 3. The van der Waals surface area contributed by atoms with Gasteiger partial charge < -0.3 is 24.8 Å². The summed E-state index contributed by atoms with van der Waals surface area (Å²) in [6, 6.07) is 4.45. The first kappa shape index (κ1) is 20.8. The van der Waals surface area contributed by atoms with E-state index < -0.39 is 11.7 Å². The summed E-state index contributed by atoms with van der Waals surface area (Å²) in [5.41, 5.74) is 2.27. The number of carbonyl (C=O) groups excluding carboxylic acids is 1. The van der Waals surface area contributed by atoms with Gasteiger partial charge in [0, 0.05) is 28.8 Å². The molecule has 2 aromatic carbocycles. The number of carbonyl (C=O) groups is 1. The third-order valence-electron chi connectivity index (χ3n) is 5.51. The molecule has 0 spiro atoms. The first-order valence-corrected chi connectivity index (χ1v) is 10.2. The predicted molar refractivity (Wildman–Crippen MR) is 117 cm³/mol. The molecular formula is C25H26O6. The molecule has 6 nitrogen and oxygen atoms in total. The van der Waals surface area contributed by atoms with E-state index in [0.717, 1.165) is 11.1 Å². The summed E-state index contributed by atoms with van der Waals surface area (Å²) in [7, 11) is 0. The van der Waals surface area contributed by atoms with Gasteiger partial charge in [0.25, 0.3) is 0 Å². The van der Waals surface area contributed by atoms with Gasteiger partial charge in [0.05, 0.1) is 6.42 Å². The first-order valence-electron chi connectivity index (χ1n) is 10.2. The highest BCUT2D eigenvalue weighted by atomic mass is 16.5. The van der Waals surface area contributed by atoms with Crippen LogP contribution in [0.3, 0.4) is 0 Å². The molecule has 3 N–H and O–H groups in total. The highest BCUT2D eigenvalue weighted by Gasteiger charge is 2.35. The Balaban J connectivity index is 1.78. The van der Waals surface area contributed by atoms with Gasteiger partial charge in [-0.2, -0.15) is 0 Å². The molecule has 0 radical (unpaired) electrons. The molecule has 0 saturated carbocycles. The van der Waals surface area contributed by atoms with Crippen LogP contribution in [0, 0.1) is 0 Å². The maximum absolute atomic E-state index is 12.9. The number of phenols is 3. The number of phenolic OH excluding ortho intramolecular Hbond substituents is 3. The Morgan fingerprint density at radius 2 is 1.87 bits per heavy atom. The van der Waals surface area contributed by atoms with Crippen LogP contribution < -0.4 is 9.47 Å². The van der Waals surface area contributed by atoms with Gasteiger partial charge in [-0.25, -0.2) is 0 Å². The number of Topliss-reactive ketones (excluding diaryl/α,β-unsaturated/α-hetero) is 1. The molecule has 0 amide bonds. The van der Waals surface area contributed by atoms with Gasteiger partial charge in [0.15, 0.2) is 5.78 Å². The van der Waals surface area contributed by atoms with Crippen LogP contribution in [0.5, 0.6) is 28.7 Å². The molecule has 2 heterocycles. The summed E-state index contributed by atoms with van der Waals surface area (Å²) in [4.78, 5) is 12.9. The van der Waals surface area contributed by atoms with Crippen molar-refractivity contribution in [1.82, 2.24) is 0 Å². The Labute approximate surface area is 181 Å². The maximum atomic E-state index is 12.9. The molecule has 1 atom stereocenters. The average Bonchev–Trinajstić information content (AvgIpc) is 2.65. The Morgan fingerprint density at radius 1 is 1.13 bits per heavy atom. The third-order valence-corrected chi connectivity index (χ3v) is 5.51. The maximum Gasteiger partial charge on any atom is 0.174 e. The van der Waals surface area contributed by atoms with E-state index in [0.29, 0.717) is 23.3 Å². The lowest BCUT2D eigenvalue weighted by molar-refractivity contribution is 0.0839. The summed E-state index contributed by atoms with van der Waals surface area (Å²) in [6.07, 6.45) is 5.28. The molecule has 31 heavy (non-hydrogen) atoms.